The molecule has 0 radical (unpaired) electrons. The Kier molecular flexibility index (Phi) is 7.09. The molecule has 2 amide bonds. The van der Waals surface area contributed by atoms with Crippen LogP contribution in [0.2, 0.25) is 0 Å². The Labute approximate surface area is 250 Å². The second kappa shape index (κ2) is 10.9. The second-order valence-corrected chi connectivity index (χ2v) is 12.1. The molecule has 4 aromatic rings. The number of hydrogen-bond acceptors (Lipinski definition) is 7. The summed E-state index contributed by atoms with van der Waals surface area (Å²) in [5.41, 5.74) is 11.9. The van der Waals surface area contributed by atoms with Gasteiger partial charge < -0.3 is 30.0 Å². The molecule has 0 saturated carbocycles. The Hall–Kier alpha value is -3.96. The van der Waals surface area contributed by atoms with Crippen molar-refractivity contribution in [2.45, 2.75) is 83.1 Å². The quantitative estimate of drug-likeness (QED) is 0.375. The van der Waals surface area contributed by atoms with Gasteiger partial charge >= 0.3 is 0 Å². The first-order valence-electron chi connectivity index (χ1n) is 15.4. The first-order valence-corrected chi connectivity index (χ1v) is 15.4. The normalized spacial score (nSPS) is 24.6. The molecule has 0 unspecified atom stereocenters. The van der Waals surface area contributed by atoms with Crippen molar-refractivity contribution in [3.05, 3.63) is 47.3 Å². The van der Waals surface area contributed by atoms with E-state index in [1.54, 1.807) is 7.11 Å². The van der Waals surface area contributed by atoms with Gasteiger partial charge in [0.1, 0.15) is 17.0 Å². The first kappa shape index (κ1) is 27.8. The van der Waals surface area contributed by atoms with E-state index in [-0.39, 0.29) is 36.0 Å². The van der Waals surface area contributed by atoms with E-state index in [9.17, 15) is 9.59 Å². The highest BCUT2D eigenvalue weighted by atomic mass is 16.5. The molecule has 0 spiro atoms. The number of amides is 2. The van der Waals surface area contributed by atoms with E-state index in [0.717, 1.165) is 72.5 Å². The number of rotatable bonds is 3. The zero-order valence-electron chi connectivity index (χ0n) is 25.0. The number of nitrogens with zero attached hydrogens (tertiary/aromatic N) is 5. The Bertz CT molecular complexity index is 1730. The van der Waals surface area contributed by atoms with Gasteiger partial charge in [0.05, 0.1) is 36.8 Å². The van der Waals surface area contributed by atoms with Gasteiger partial charge in [-0.3, -0.25) is 14.0 Å². The maximum absolute atomic E-state index is 13.8. The van der Waals surface area contributed by atoms with E-state index < -0.39 is 0 Å². The number of ether oxygens (including phenoxy) is 2. The highest BCUT2D eigenvalue weighted by Gasteiger charge is 2.47. The number of imidazole rings is 1. The average Bonchev–Trinajstić information content (AvgIpc) is 3.74. The van der Waals surface area contributed by atoms with E-state index in [1.165, 1.54) is 0 Å². The molecule has 11 heteroatoms. The van der Waals surface area contributed by atoms with E-state index in [2.05, 4.69) is 22.0 Å². The molecule has 7 rings (SSSR count). The molecular weight excluding hydrogens is 546 g/mol. The number of hydrogen-bond donors (Lipinski definition) is 2. The van der Waals surface area contributed by atoms with Gasteiger partial charge in [0.25, 0.3) is 5.91 Å². The van der Waals surface area contributed by atoms with E-state index >= 15 is 0 Å². The lowest BCUT2D eigenvalue weighted by Gasteiger charge is -2.23. The van der Waals surface area contributed by atoms with Gasteiger partial charge in [-0.05, 0) is 70.2 Å². The minimum absolute atomic E-state index is 0.00844. The van der Waals surface area contributed by atoms with Crippen LogP contribution in [0.4, 0.5) is 0 Å². The van der Waals surface area contributed by atoms with Crippen LogP contribution in [0, 0.1) is 6.92 Å². The van der Waals surface area contributed by atoms with Crippen LogP contribution in [0.3, 0.4) is 0 Å². The Morgan fingerprint density at radius 2 is 2.00 bits per heavy atom. The average molecular weight is 586 g/mol. The monoisotopic (exact) mass is 585 g/mol. The fraction of sp³-hybridized carbons (Fsp3) is 0.500. The zero-order valence-corrected chi connectivity index (χ0v) is 25.0. The minimum atomic E-state index is -0.232. The number of aromatic nitrogens is 4. The fourth-order valence-corrected chi connectivity index (χ4v) is 7.23. The number of pyridine rings is 2. The van der Waals surface area contributed by atoms with Crippen LogP contribution in [0.5, 0.6) is 5.88 Å². The van der Waals surface area contributed by atoms with Crippen LogP contribution in [0.15, 0.2) is 30.3 Å². The molecule has 3 aliphatic rings. The molecule has 226 valence electrons. The second-order valence-electron chi connectivity index (χ2n) is 12.1. The third-order valence-electron chi connectivity index (χ3n) is 9.42. The molecule has 3 aliphatic heterocycles. The first-order chi connectivity index (χ1) is 20.8. The molecular formula is C32H39N7O4. The summed E-state index contributed by atoms with van der Waals surface area (Å²) in [5, 5.41) is 4.04. The van der Waals surface area contributed by atoms with Crippen molar-refractivity contribution in [1.29, 1.82) is 0 Å². The van der Waals surface area contributed by atoms with Crippen LogP contribution < -0.4 is 15.8 Å². The smallest absolute Gasteiger partial charge is 0.254 e. The number of carbonyl (C=O) groups is 2. The van der Waals surface area contributed by atoms with Crippen molar-refractivity contribution in [2.24, 2.45) is 5.73 Å². The lowest BCUT2D eigenvalue weighted by molar-refractivity contribution is -0.122. The Morgan fingerprint density at radius 1 is 1.14 bits per heavy atom. The van der Waals surface area contributed by atoms with Gasteiger partial charge in [-0.25, -0.2) is 9.97 Å². The van der Waals surface area contributed by atoms with Gasteiger partial charge in [-0.15, -0.1) is 0 Å². The molecule has 7 heterocycles. The van der Waals surface area contributed by atoms with E-state index in [0.29, 0.717) is 36.7 Å². The van der Waals surface area contributed by atoms with E-state index in [4.69, 9.17) is 25.2 Å². The highest BCUT2D eigenvalue weighted by Crippen LogP contribution is 2.39. The number of nitrogens with one attached hydrogen (secondary N) is 1. The SMILES string of the molecule is COc1cc(C(=O)N2[C@H]3CC[C@@H]2[C@H](N)C3)cc2nc(-c3cc4ccc5nc4n3CCCCOCCC(=O)N[C@@H]5C)c(C)n12. The topological polar surface area (TPSA) is 129 Å². The molecule has 0 aromatic carbocycles. The lowest BCUT2D eigenvalue weighted by Crippen LogP contribution is -2.40. The molecule has 4 bridgehead atoms. The van der Waals surface area contributed by atoms with Gasteiger partial charge in [0.2, 0.25) is 5.91 Å². The van der Waals surface area contributed by atoms with Crippen LogP contribution in [-0.4, -0.2) is 74.1 Å². The molecule has 2 fully saturated rings. The van der Waals surface area contributed by atoms with Crippen molar-refractivity contribution in [1.82, 2.24) is 29.2 Å². The predicted octanol–water partition coefficient (Wildman–Crippen LogP) is 3.75. The minimum Gasteiger partial charge on any atom is -0.482 e. The standard InChI is InChI=1S/C32H39N7O4/c1-18-24-8-6-20-14-26(37(31(20)35-24)11-4-5-12-43-13-10-28(40)34-18)30-19(2)38-27(36-30)15-21(16-29(38)42-3)32(41)39-22-7-9-25(39)23(33)17-22/h6,8,14-16,18,22-23,25H,4-5,7,9-13,17,33H2,1-3H3,(H,34,40)/t18-,22+,23-,25-/m1/s1. The fourth-order valence-electron chi connectivity index (χ4n) is 7.23. The molecule has 0 aliphatic carbocycles. The maximum atomic E-state index is 13.8. The molecule has 2 saturated heterocycles. The van der Waals surface area contributed by atoms with Gasteiger partial charge in [0, 0.05) is 54.7 Å². The zero-order chi connectivity index (χ0) is 29.8. The highest BCUT2D eigenvalue weighted by molar-refractivity contribution is 5.96. The Balaban J connectivity index is 1.32. The van der Waals surface area contributed by atoms with Crippen LogP contribution in [-0.2, 0) is 16.1 Å². The van der Waals surface area contributed by atoms with Gasteiger partial charge in [-0.1, -0.05) is 0 Å². The maximum Gasteiger partial charge on any atom is 0.254 e. The summed E-state index contributed by atoms with van der Waals surface area (Å²) in [6.07, 6.45) is 4.92. The van der Waals surface area contributed by atoms with E-state index in [1.807, 2.05) is 41.3 Å². The number of fused-ring (bicyclic) bond motifs is 4. The lowest BCUT2D eigenvalue weighted by atomic mass is 9.97. The predicted molar refractivity (Wildman–Crippen MR) is 162 cm³/mol. The molecule has 43 heavy (non-hydrogen) atoms. The van der Waals surface area contributed by atoms with Crippen molar-refractivity contribution in [3.8, 4) is 17.3 Å². The summed E-state index contributed by atoms with van der Waals surface area (Å²) in [7, 11) is 1.62. The molecule has 4 atom stereocenters. The van der Waals surface area contributed by atoms with Crippen molar-refractivity contribution >= 4 is 28.5 Å². The molecule has 4 aromatic heterocycles. The summed E-state index contributed by atoms with van der Waals surface area (Å²) >= 11 is 0. The molecule has 3 N–H and O–H groups in total. The van der Waals surface area contributed by atoms with Crippen LogP contribution >= 0.6 is 0 Å². The summed E-state index contributed by atoms with van der Waals surface area (Å²) < 4.78 is 15.7. The third kappa shape index (κ3) is 4.75. The Morgan fingerprint density at radius 3 is 2.77 bits per heavy atom. The summed E-state index contributed by atoms with van der Waals surface area (Å²) in [4.78, 5) is 38.3. The van der Waals surface area contributed by atoms with Crippen molar-refractivity contribution < 1.29 is 19.1 Å². The number of methoxy groups -OCH3 is 1. The number of nitrogens with two attached hydrogens (primary N) is 1. The van der Waals surface area contributed by atoms with Gasteiger partial charge in [0.15, 0.2) is 5.88 Å². The molecule has 11 nitrogen and oxygen atoms in total. The van der Waals surface area contributed by atoms with Crippen molar-refractivity contribution in [2.75, 3.05) is 20.3 Å². The number of carbonyl (C=O) groups excluding carboxylic acids is 2. The largest absolute Gasteiger partial charge is 0.482 e. The van der Waals surface area contributed by atoms with Crippen LogP contribution in [0.1, 0.15) is 73.2 Å². The third-order valence-corrected chi connectivity index (χ3v) is 9.42. The van der Waals surface area contributed by atoms with Crippen LogP contribution in [0.25, 0.3) is 28.1 Å². The summed E-state index contributed by atoms with van der Waals surface area (Å²) in [5.74, 6) is 0.507. The number of aryl methyl sites for hydroxylation is 2. The summed E-state index contributed by atoms with van der Waals surface area (Å²) in [6, 6.07) is 9.96. The van der Waals surface area contributed by atoms with Crippen molar-refractivity contribution in [3.63, 3.8) is 0 Å². The summed E-state index contributed by atoms with van der Waals surface area (Å²) in [6.45, 7) is 5.72. The van der Waals surface area contributed by atoms with Gasteiger partial charge in [-0.2, -0.15) is 0 Å².